The van der Waals surface area contributed by atoms with Gasteiger partial charge >= 0.3 is 0 Å². The molecule has 0 spiro atoms. The summed E-state index contributed by atoms with van der Waals surface area (Å²) in [6.45, 7) is 0. The first-order chi connectivity index (χ1) is 12.6. The Morgan fingerprint density at radius 3 is 2.54 bits per heavy atom. The number of hydrogen-bond acceptors (Lipinski definition) is 2. The highest BCUT2D eigenvalue weighted by Gasteiger charge is 2.31. The van der Waals surface area contributed by atoms with Crippen LogP contribution in [0.3, 0.4) is 0 Å². The average Bonchev–Trinajstić information content (AvgIpc) is 2.64. The zero-order valence-corrected chi connectivity index (χ0v) is 15.8. The molecule has 0 amide bonds. The predicted molar refractivity (Wildman–Crippen MR) is 106 cm³/mol. The molecule has 1 aliphatic carbocycles. The summed E-state index contributed by atoms with van der Waals surface area (Å²) in [7, 11) is 0. The third kappa shape index (κ3) is 4.82. The summed E-state index contributed by atoms with van der Waals surface area (Å²) >= 11 is 6.21. The van der Waals surface area contributed by atoms with Crippen molar-refractivity contribution in [2.45, 2.75) is 50.9 Å². The lowest BCUT2D eigenvalue weighted by molar-refractivity contribution is -0.124. The highest BCUT2D eigenvalue weighted by atomic mass is 35.5. The van der Waals surface area contributed by atoms with Crippen molar-refractivity contribution in [2.24, 2.45) is 5.92 Å². The minimum absolute atomic E-state index is 0.0884. The maximum atomic E-state index is 12.9. The number of carbonyl (C=O) groups is 2. The Hall–Kier alpha value is -1.93. The van der Waals surface area contributed by atoms with Gasteiger partial charge in [-0.2, -0.15) is 0 Å². The lowest BCUT2D eigenvalue weighted by atomic mass is 9.75. The molecular formula is C23H25ClO2. The zero-order valence-electron chi connectivity index (χ0n) is 15.0. The number of hydrogen-bond donors (Lipinski definition) is 0. The van der Waals surface area contributed by atoms with Gasteiger partial charge in [0.1, 0.15) is 5.78 Å². The van der Waals surface area contributed by atoms with E-state index in [2.05, 4.69) is 0 Å². The third-order valence-corrected chi connectivity index (χ3v) is 5.60. The summed E-state index contributed by atoms with van der Waals surface area (Å²) in [5.41, 5.74) is 1.71. The molecule has 0 N–H and O–H groups in total. The van der Waals surface area contributed by atoms with Gasteiger partial charge in [0, 0.05) is 35.3 Å². The Kier molecular flexibility index (Phi) is 6.62. The maximum absolute atomic E-state index is 12.9. The lowest BCUT2D eigenvalue weighted by Gasteiger charge is -2.28. The summed E-state index contributed by atoms with van der Waals surface area (Å²) in [6.07, 6.45) is 6.14. The molecule has 0 unspecified atom stereocenters. The minimum Gasteiger partial charge on any atom is -0.299 e. The smallest absolute Gasteiger partial charge is 0.163 e. The van der Waals surface area contributed by atoms with Crippen molar-refractivity contribution in [3.8, 4) is 0 Å². The van der Waals surface area contributed by atoms with Crippen molar-refractivity contribution in [1.82, 2.24) is 0 Å². The van der Waals surface area contributed by atoms with E-state index in [0.29, 0.717) is 29.2 Å². The monoisotopic (exact) mass is 368 g/mol. The Bertz CT molecular complexity index is 754. The highest BCUT2D eigenvalue weighted by molar-refractivity contribution is 6.30. The molecule has 136 valence electrons. The molecule has 26 heavy (non-hydrogen) atoms. The van der Waals surface area contributed by atoms with Crippen LogP contribution in [0.1, 0.15) is 66.8 Å². The fourth-order valence-corrected chi connectivity index (χ4v) is 4.16. The van der Waals surface area contributed by atoms with E-state index in [0.717, 1.165) is 31.2 Å². The van der Waals surface area contributed by atoms with Gasteiger partial charge < -0.3 is 0 Å². The van der Waals surface area contributed by atoms with E-state index < -0.39 is 0 Å². The van der Waals surface area contributed by atoms with Gasteiger partial charge in [-0.25, -0.2) is 0 Å². The van der Waals surface area contributed by atoms with Crippen LogP contribution in [-0.2, 0) is 4.79 Å². The van der Waals surface area contributed by atoms with Crippen molar-refractivity contribution in [1.29, 1.82) is 0 Å². The van der Waals surface area contributed by atoms with Gasteiger partial charge in [0.2, 0.25) is 0 Å². The standard InChI is InChI=1S/C23H25ClO2/c24-19-12-8-11-18(15-19)21(16-23(26)17-9-4-3-5-10-17)20-13-6-1-2-7-14-22(20)25/h3-5,8-12,15,20-21H,1-2,6-7,13-14,16H2/t20-,21-/m0/s1. The Morgan fingerprint density at radius 1 is 1.00 bits per heavy atom. The van der Waals surface area contributed by atoms with Gasteiger partial charge in [-0.3, -0.25) is 9.59 Å². The topological polar surface area (TPSA) is 34.1 Å². The Labute approximate surface area is 160 Å². The minimum atomic E-state index is -0.105. The number of halogens is 1. The van der Waals surface area contributed by atoms with Crippen molar-refractivity contribution >= 4 is 23.2 Å². The van der Waals surface area contributed by atoms with E-state index >= 15 is 0 Å². The van der Waals surface area contributed by atoms with Gasteiger partial charge in [-0.05, 0) is 30.5 Å². The molecule has 3 rings (SSSR count). The maximum Gasteiger partial charge on any atom is 0.163 e. The van der Waals surface area contributed by atoms with Crippen molar-refractivity contribution in [3.05, 3.63) is 70.7 Å². The summed E-state index contributed by atoms with van der Waals surface area (Å²) in [5.74, 6) is 0.189. The summed E-state index contributed by atoms with van der Waals surface area (Å²) in [6, 6.07) is 17.0. The van der Waals surface area contributed by atoms with E-state index in [9.17, 15) is 9.59 Å². The first-order valence-corrected chi connectivity index (χ1v) is 9.89. The number of rotatable bonds is 5. The second-order valence-corrected chi connectivity index (χ2v) is 7.62. The number of benzene rings is 2. The molecule has 0 saturated heterocycles. The van der Waals surface area contributed by atoms with E-state index in [1.165, 1.54) is 6.42 Å². The molecular weight excluding hydrogens is 344 g/mol. The molecule has 2 atom stereocenters. The number of ketones is 2. The van der Waals surface area contributed by atoms with Crippen LogP contribution in [-0.4, -0.2) is 11.6 Å². The molecule has 2 aromatic rings. The van der Waals surface area contributed by atoms with E-state index in [4.69, 9.17) is 11.6 Å². The Morgan fingerprint density at radius 2 is 1.77 bits per heavy atom. The van der Waals surface area contributed by atoms with Gasteiger partial charge in [0.05, 0.1) is 0 Å². The molecule has 0 radical (unpaired) electrons. The molecule has 0 heterocycles. The molecule has 0 bridgehead atoms. The normalized spacial score (nSPS) is 19.4. The van der Waals surface area contributed by atoms with Crippen LogP contribution in [0.2, 0.25) is 5.02 Å². The van der Waals surface area contributed by atoms with E-state index in [1.54, 1.807) is 0 Å². The van der Waals surface area contributed by atoms with Gasteiger partial charge in [0.25, 0.3) is 0 Å². The lowest BCUT2D eigenvalue weighted by Crippen LogP contribution is -2.26. The van der Waals surface area contributed by atoms with Crippen LogP contribution in [0.25, 0.3) is 0 Å². The fourth-order valence-electron chi connectivity index (χ4n) is 3.96. The summed E-state index contributed by atoms with van der Waals surface area (Å²) < 4.78 is 0. The van der Waals surface area contributed by atoms with Crippen LogP contribution >= 0.6 is 11.6 Å². The fraction of sp³-hybridized carbons (Fsp3) is 0.391. The largest absolute Gasteiger partial charge is 0.299 e. The molecule has 1 fully saturated rings. The zero-order chi connectivity index (χ0) is 18.4. The first kappa shape index (κ1) is 18.8. The second-order valence-electron chi connectivity index (χ2n) is 7.18. The van der Waals surface area contributed by atoms with Crippen molar-refractivity contribution in [2.75, 3.05) is 0 Å². The average molecular weight is 369 g/mol. The van der Waals surface area contributed by atoms with E-state index in [-0.39, 0.29) is 17.6 Å². The first-order valence-electron chi connectivity index (χ1n) is 9.51. The number of carbonyl (C=O) groups excluding carboxylic acids is 2. The molecule has 2 aromatic carbocycles. The molecule has 1 aliphatic rings. The quantitative estimate of drug-likeness (QED) is 0.585. The van der Waals surface area contributed by atoms with E-state index in [1.807, 2.05) is 54.6 Å². The molecule has 3 heteroatoms. The summed E-state index contributed by atoms with van der Waals surface area (Å²) in [4.78, 5) is 25.7. The van der Waals surface area contributed by atoms with Crippen molar-refractivity contribution in [3.63, 3.8) is 0 Å². The van der Waals surface area contributed by atoms with Crippen LogP contribution in [0.5, 0.6) is 0 Å². The molecule has 0 aliphatic heterocycles. The number of Topliss-reactive ketones (excluding diaryl/α,β-unsaturated/α-hetero) is 2. The highest BCUT2D eigenvalue weighted by Crippen LogP contribution is 2.36. The van der Waals surface area contributed by atoms with Gasteiger partial charge in [-0.15, -0.1) is 0 Å². The Balaban J connectivity index is 1.90. The molecule has 0 aromatic heterocycles. The third-order valence-electron chi connectivity index (χ3n) is 5.37. The van der Waals surface area contributed by atoms with Crippen LogP contribution in [0.4, 0.5) is 0 Å². The second kappa shape index (κ2) is 9.14. The van der Waals surface area contributed by atoms with Gasteiger partial charge in [0.15, 0.2) is 5.78 Å². The SMILES string of the molecule is O=C(C[C@@H](c1cccc(Cl)c1)[C@@H]1CCCCCCC1=O)c1ccccc1. The molecule has 2 nitrogen and oxygen atoms in total. The predicted octanol–water partition coefficient (Wildman–Crippen LogP) is 6.24. The summed E-state index contributed by atoms with van der Waals surface area (Å²) in [5, 5.41) is 0.651. The van der Waals surface area contributed by atoms with Gasteiger partial charge in [-0.1, -0.05) is 73.3 Å². The van der Waals surface area contributed by atoms with Crippen LogP contribution in [0.15, 0.2) is 54.6 Å². The van der Waals surface area contributed by atoms with Crippen LogP contribution < -0.4 is 0 Å². The van der Waals surface area contributed by atoms with Crippen molar-refractivity contribution < 1.29 is 9.59 Å². The van der Waals surface area contributed by atoms with Crippen LogP contribution in [0, 0.1) is 5.92 Å². The molecule has 1 saturated carbocycles.